The Morgan fingerprint density at radius 2 is 1.84 bits per heavy atom. The summed E-state index contributed by atoms with van der Waals surface area (Å²) < 4.78 is 13.7. The highest BCUT2D eigenvalue weighted by molar-refractivity contribution is 5.95. The molecular weight excluding hydrogens is 321 g/mol. The quantitative estimate of drug-likeness (QED) is 0.891. The molecule has 0 aromatic heterocycles. The number of β-amino-alcohol motifs (C(OH)–C–C–N with tert-alkyl or cyclic N) is 1. The minimum atomic E-state index is -0.570. The van der Waals surface area contributed by atoms with Crippen LogP contribution in [0, 0.1) is 12.7 Å². The lowest BCUT2D eigenvalue weighted by Gasteiger charge is -2.24. The first-order valence-electron chi connectivity index (χ1n) is 9.22. The number of aliphatic hydroxyl groups excluding tert-OH is 1. The summed E-state index contributed by atoms with van der Waals surface area (Å²) in [6.45, 7) is 8.08. The Hall–Kier alpha value is -1.50. The third-order valence-corrected chi connectivity index (χ3v) is 5.30. The number of nitrogens with zero attached hydrogens (tertiary/aromatic N) is 3. The van der Waals surface area contributed by atoms with Crippen molar-refractivity contribution in [3.05, 3.63) is 35.1 Å². The summed E-state index contributed by atoms with van der Waals surface area (Å²) in [5.41, 5.74) is 0.759. The van der Waals surface area contributed by atoms with E-state index in [1.165, 1.54) is 32.0 Å². The van der Waals surface area contributed by atoms with Crippen molar-refractivity contribution < 1.29 is 14.3 Å². The Bertz CT molecular complexity index is 604. The fourth-order valence-electron chi connectivity index (χ4n) is 3.74. The highest BCUT2D eigenvalue weighted by atomic mass is 19.1. The molecule has 5 nitrogen and oxygen atoms in total. The molecular formula is C19H28FN3O2. The average molecular weight is 349 g/mol. The van der Waals surface area contributed by atoms with E-state index in [0.29, 0.717) is 30.8 Å². The summed E-state index contributed by atoms with van der Waals surface area (Å²) in [4.78, 5) is 19.1. The standard InChI is InChI=1S/C19H28FN3O2/c1-15-17(5-4-6-18(15)20)19(25)23-12-11-22(13-16(24)14-23)10-9-21-7-2-3-8-21/h4-6,16,24H,2-3,7-14H2,1H3/t16-/m0/s1. The summed E-state index contributed by atoms with van der Waals surface area (Å²) >= 11 is 0. The van der Waals surface area contributed by atoms with Crippen LogP contribution in [0.25, 0.3) is 0 Å². The van der Waals surface area contributed by atoms with E-state index in [4.69, 9.17) is 0 Å². The van der Waals surface area contributed by atoms with Crippen LogP contribution in [0.2, 0.25) is 0 Å². The fourth-order valence-corrected chi connectivity index (χ4v) is 3.74. The van der Waals surface area contributed by atoms with Gasteiger partial charge in [-0.05, 0) is 50.6 Å². The van der Waals surface area contributed by atoms with Gasteiger partial charge in [0.25, 0.3) is 5.91 Å². The molecule has 6 heteroatoms. The van der Waals surface area contributed by atoms with Crippen LogP contribution in [0.4, 0.5) is 4.39 Å². The van der Waals surface area contributed by atoms with E-state index in [1.54, 1.807) is 24.0 Å². The first-order valence-corrected chi connectivity index (χ1v) is 9.22. The van der Waals surface area contributed by atoms with Gasteiger partial charge in [-0.25, -0.2) is 4.39 Å². The second-order valence-electron chi connectivity index (χ2n) is 7.17. The van der Waals surface area contributed by atoms with Crippen LogP contribution in [0.1, 0.15) is 28.8 Å². The minimum Gasteiger partial charge on any atom is -0.390 e. The molecule has 0 aliphatic carbocycles. The normalized spacial score (nSPS) is 23.0. The molecule has 1 aromatic carbocycles. The number of carbonyl (C=O) groups excluding carboxylic acids is 1. The second kappa shape index (κ2) is 8.25. The Kier molecular flexibility index (Phi) is 6.04. The summed E-state index contributed by atoms with van der Waals surface area (Å²) in [6.07, 6.45) is 1.98. The van der Waals surface area contributed by atoms with Gasteiger partial charge < -0.3 is 14.9 Å². The number of carbonyl (C=O) groups is 1. The van der Waals surface area contributed by atoms with Crippen molar-refractivity contribution >= 4 is 5.91 Å². The Labute approximate surface area is 149 Å². The lowest BCUT2D eigenvalue weighted by Crippen LogP contribution is -2.38. The number of aliphatic hydroxyl groups is 1. The van der Waals surface area contributed by atoms with Gasteiger partial charge in [0.1, 0.15) is 5.82 Å². The number of amides is 1. The van der Waals surface area contributed by atoms with Crippen molar-refractivity contribution in [1.82, 2.24) is 14.7 Å². The van der Waals surface area contributed by atoms with Crippen molar-refractivity contribution in [3.63, 3.8) is 0 Å². The molecule has 2 aliphatic heterocycles. The van der Waals surface area contributed by atoms with Gasteiger partial charge in [-0.2, -0.15) is 0 Å². The van der Waals surface area contributed by atoms with Gasteiger partial charge in [0, 0.05) is 44.8 Å². The number of benzene rings is 1. The van der Waals surface area contributed by atoms with E-state index in [1.807, 2.05) is 0 Å². The molecule has 1 aromatic rings. The monoisotopic (exact) mass is 349 g/mol. The molecule has 0 radical (unpaired) electrons. The molecule has 0 saturated carbocycles. The summed E-state index contributed by atoms with van der Waals surface area (Å²) in [5, 5.41) is 10.3. The summed E-state index contributed by atoms with van der Waals surface area (Å²) in [5.74, 6) is -0.564. The fraction of sp³-hybridized carbons (Fsp3) is 0.632. The zero-order valence-corrected chi connectivity index (χ0v) is 15.0. The Morgan fingerprint density at radius 1 is 1.12 bits per heavy atom. The van der Waals surface area contributed by atoms with E-state index in [-0.39, 0.29) is 11.7 Å². The zero-order chi connectivity index (χ0) is 17.8. The maximum Gasteiger partial charge on any atom is 0.254 e. The summed E-state index contributed by atoms with van der Waals surface area (Å²) in [6, 6.07) is 4.58. The molecule has 0 bridgehead atoms. The predicted octanol–water partition coefficient (Wildman–Crippen LogP) is 1.35. The van der Waals surface area contributed by atoms with Crippen LogP contribution in [0.15, 0.2) is 18.2 Å². The van der Waals surface area contributed by atoms with E-state index >= 15 is 0 Å². The van der Waals surface area contributed by atoms with Gasteiger partial charge in [-0.15, -0.1) is 0 Å². The van der Waals surface area contributed by atoms with E-state index in [9.17, 15) is 14.3 Å². The smallest absolute Gasteiger partial charge is 0.254 e. The van der Waals surface area contributed by atoms with Crippen molar-refractivity contribution in [3.8, 4) is 0 Å². The molecule has 2 heterocycles. The summed E-state index contributed by atoms with van der Waals surface area (Å²) in [7, 11) is 0. The first-order chi connectivity index (χ1) is 12.0. The van der Waals surface area contributed by atoms with Gasteiger partial charge in [0.15, 0.2) is 0 Å². The van der Waals surface area contributed by atoms with Crippen LogP contribution >= 0.6 is 0 Å². The first kappa shape index (κ1) is 18.3. The van der Waals surface area contributed by atoms with Gasteiger partial charge in [0.2, 0.25) is 0 Å². The van der Waals surface area contributed by atoms with Crippen LogP contribution in [-0.4, -0.2) is 84.2 Å². The topological polar surface area (TPSA) is 47.0 Å². The van der Waals surface area contributed by atoms with Crippen LogP contribution in [0.5, 0.6) is 0 Å². The molecule has 2 aliphatic rings. The van der Waals surface area contributed by atoms with Crippen molar-refractivity contribution in [1.29, 1.82) is 0 Å². The number of rotatable bonds is 4. The molecule has 0 spiro atoms. The number of halogens is 1. The SMILES string of the molecule is Cc1c(F)cccc1C(=O)N1CCN(CCN2CCCC2)C[C@H](O)C1. The van der Waals surface area contributed by atoms with Crippen molar-refractivity contribution in [2.45, 2.75) is 25.9 Å². The van der Waals surface area contributed by atoms with Gasteiger partial charge in [-0.3, -0.25) is 9.69 Å². The van der Waals surface area contributed by atoms with Crippen LogP contribution in [-0.2, 0) is 0 Å². The van der Waals surface area contributed by atoms with Crippen LogP contribution in [0.3, 0.4) is 0 Å². The lowest BCUT2D eigenvalue weighted by atomic mass is 10.1. The second-order valence-corrected chi connectivity index (χ2v) is 7.17. The van der Waals surface area contributed by atoms with Crippen LogP contribution < -0.4 is 0 Å². The molecule has 3 rings (SSSR count). The molecule has 25 heavy (non-hydrogen) atoms. The van der Waals surface area contributed by atoms with Crippen molar-refractivity contribution in [2.75, 3.05) is 52.4 Å². The highest BCUT2D eigenvalue weighted by Gasteiger charge is 2.26. The minimum absolute atomic E-state index is 0.197. The number of hydrogen-bond acceptors (Lipinski definition) is 4. The van der Waals surface area contributed by atoms with Crippen molar-refractivity contribution in [2.24, 2.45) is 0 Å². The highest BCUT2D eigenvalue weighted by Crippen LogP contribution is 2.16. The number of hydrogen-bond donors (Lipinski definition) is 1. The maximum absolute atomic E-state index is 13.7. The maximum atomic E-state index is 13.7. The number of likely N-dealkylation sites (tertiary alicyclic amines) is 1. The largest absolute Gasteiger partial charge is 0.390 e. The molecule has 0 unspecified atom stereocenters. The van der Waals surface area contributed by atoms with E-state index in [0.717, 1.165) is 19.6 Å². The average Bonchev–Trinajstić information content (AvgIpc) is 3.04. The molecule has 1 atom stereocenters. The third kappa shape index (κ3) is 4.57. The Balaban J connectivity index is 1.60. The molecule has 1 amide bonds. The van der Waals surface area contributed by atoms with E-state index < -0.39 is 6.10 Å². The zero-order valence-electron chi connectivity index (χ0n) is 15.0. The van der Waals surface area contributed by atoms with Gasteiger partial charge in [0.05, 0.1) is 6.10 Å². The third-order valence-electron chi connectivity index (χ3n) is 5.30. The van der Waals surface area contributed by atoms with Gasteiger partial charge in [-0.1, -0.05) is 6.07 Å². The molecule has 2 saturated heterocycles. The Morgan fingerprint density at radius 3 is 2.60 bits per heavy atom. The molecule has 138 valence electrons. The van der Waals surface area contributed by atoms with Gasteiger partial charge >= 0.3 is 0 Å². The van der Waals surface area contributed by atoms with E-state index in [2.05, 4.69) is 9.80 Å². The molecule has 1 N–H and O–H groups in total. The molecule has 2 fully saturated rings. The lowest BCUT2D eigenvalue weighted by molar-refractivity contribution is 0.0661. The predicted molar refractivity (Wildman–Crippen MR) is 95.2 cm³/mol.